The van der Waals surface area contributed by atoms with Gasteiger partial charge < -0.3 is 10.1 Å². The zero-order valence-electron chi connectivity index (χ0n) is 11.3. The van der Waals surface area contributed by atoms with Crippen LogP contribution in [0, 0.1) is 0 Å². The molecule has 1 aromatic carbocycles. The molecule has 2 rings (SSSR count). The van der Waals surface area contributed by atoms with Crippen molar-refractivity contribution in [3.05, 3.63) is 41.7 Å². The van der Waals surface area contributed by atoms with Gasteiger partial charge in [0.2, 0.25) is 5.91 Å². The van der Waals surface area contributed by atoms with E-state index in [1.165, 1.54) is 0 Å². The Balaban J connectivity index is 2.03. The van der Waals surface area contributed by atoms with E-state index in [2.05, 4.69) is 10.4 Å². The van der Waals surface area contributed by atoms with Crippen LogP contribution in [-0.2, 0) is 4.79 Å². The van der Waals surface area contributed by atoms with E-state index in [0.29, 0.717) is 22.9 Å². The van der Waals surface area contributed by atoms with Crippen LogP contribution in [0.15, 0.2) is 36.7 Å². The molecule has 0 aliphatic rings. The van der Waals surface area contributed by atoms with Crippen molar-refractivity contribution < 1.29 is 9.53 Å². The molecule has 0 bridgehead atoms. The van der Waals surface area contributed by atoms with Crippen LogP contribution in [-0.4, -0.2) is 22.8 Å². The maximum Gasteiger partial charge on any atom is 0.226 e. The molecule has 0 spiro atoms. The summed E-state index contributed by atoms with van der Waals surface area (Å²) in [6.07, 6.45) is 3.84. The van der Waals surface area contributed by atoms with E-state index in [1.54, 1.807) is 36.2 Å². The average molecular weight is 294 g/mol. The van der Waals surface area contributed by atoms with E-state index in [4.69, 9.17) is 16.3 Å². The molecule has 0 fully saturated rings. The summed E-state index contributed by atoms with van der Waals surface area (Å²) in [6, 6.07) is 6.90. The van der Waals surface area contributed by atoms with Gasteiger partial charge in [-0.05, 0) is 31.2 Å². The predicted octanol–water partition coefficient (Wildman–Crippen LogP) is 3.13. The highest BCUT2D eigenvalue weighted by Crippen LogP contribution is 2.28. The molecule has 1 aromatic heterocycles. The number of nitrogens with zero attached hydrogens (tertiary/aromatic N) is 2. The fraction of sp³-hybridized carbons (Fsp3) is 0.286. The maximum atomic E-state index is 12.0. The van der Waals surface area contributed by atoms with Crippen LogP contribution in [0.25, 0.3) is 0 Å². The molecule has 20 heavy (non-hydrogen) atoms. The topological polar surface area (TPSA) is 56.1 Å². The fourth-order valence-electron chi connectivity index (χ4n) is 1.88. The molecule has 1 heterocycles. The first-order valence-electron chi connectivity index (χ1n) is 6.22. The number of benzene rings is 1. The van der Waals surface area contributed by atoms with Crippen LogP contribution in [0.3, 0.4) is 0 Å². The number of nitrogens with one attached hydrogen (secondary N) is 1. The summed E-state index contributed by atoms with van der Waals surface area (Å²) < 4.78 is 6.93. The number of ether oxygens (including phenoxy) is 1. The number of rotatable bonds is 5. The molecule has 0 radical (unpaired) electrons. The summed E-state index contributed by atoms with van der Waals surface area (Å²) in [7, 11) is 1.55. The number of halogens is 1. The lowest BCUT2D eigenvalue weighted by Gasteiger charge is -2.14. The first-order chi connectivity index (χ1) is 9.60. The summed E-state index contributed by atoms with van der Waals surface area (Å²) in [4.78, 5) is 12.0. The molecule has 0 aliphatic heterocycles. The monoisotopic (exact) mass is 293 g/mol. The molecular weight excluding hydrogens is 278 g/mol. The van der Waals surface area contributed by atoms with E-state index >= 15 is 0 Å². The lowest BCUT2D eigenvalue weighted by atomic mass is 10.2. The van der Waals surface area contributed by atoms with Crippen LogP contribution < -0.4 is 10.1 Å². The van der Waals surface area contributed by atoms with Gasteiger partial charge in [0.1, 0.15) is 5.75 Å². The number of carbonyl (C=O) groups excluding carboxylic acids is 1. The highest BCUT2D eigenvalue weighted by atomic mass is 35.5. The van der Waals surface area contributed by atoms with Crippen LogP contribution in [0.4, 0.5) is 5.69 Å². The SMILES string of the molecule is COc1ccc(Cl)cc1NC(=O)C[C@@H](C)n1cccn1. The first kappa shape index (κ1) is 14.4. The number of hydrogen-bond acceptors (Lipinski definition) is 3. The Morgan fingerprint density at radius 2 is 2.35 bits per heavy atom. The molecule has 0 saturated heterocycles. The second-order valence-electron chi connectivity index (χ2n) is 4.43. The Bertz CT molecular complexity index is 584. The van der Waals surface area contributed by atoms with Crippen LogP contribution in [0.2, 0.25) is 5.02 Å². The number of methoxy groups -OCH3 is 1. The van der Waals surface area contributed by atoms with Crippen molar-refractivity contribution in [3.8, 4) is 5.75 Å². The summed E-state index contributed by atoms with van der Waals surface area (Å²) in [5.41, 5.74) is 0.567. The van der Waals surface area contributed by atoms with Gasteiger partial charge in [-0.15, -0.1) is 0 Å². The van der Waals surface area contributed by atoms with Crippen molar-refractivity contribution in [2.75, 3.05) is 12.4 Å². The highest BCUT2D eigenvalue weighted by Gasteiger charge is 2.13. The first-order valence-corrected chi connectivity index (χ1v) is 6.60. The Morgan fingerprint density at radius 1 is 1.55 bits per heavy atom. The standard InChI is InChI=1S/C14H16ClN3O2/c1-10(18-7-3-6-16-18)8-14(19)17-12-9-11(15)4-5-13(12)20-2/h3-7,9-10H,8H2,1-2H3,(H,17,19)/t10-/m1/s1. The minimum Gasteiger partial charge on any atom is -0.495 e. The van der Waals surface area contributed by atoms with Gasteiger partial charge in [-0.2, -0.15) is 5.10 Å². The summed E-state index contributed by atoms with van der Waals surface area (Å²) in [5, 5.41) is 7.46. The minimum atomic E-state index is -0.117. The second kappa shape index (κ2) is 6.43. The van der Waals surface area contributed by atoms with E-state index in [1.807, 2.05) is 19.2 Å². The lowest BCUT2D eigenvalue weighted by Crippen LogP contribution is -2.18. The molecule has 1 amide bonds. The number of carbonyl (C=O) groups is 1. The highest BCUT2D eigenvalue weighted by molar-refractivity contribution is 6.31. The van der Waals surface area contributed by atoms with E-state index < -0.39 is 0 Å². The molecule has 2 aromatic rings. The van der Waals surface area contributed by atoms with Gasteiger partial charge in [0.05, 0.1) is 18.8 Å². The Hall–Kier alpha value is -2.01. The zero-order chi connectivity index (χ0) is 14.5. The molecule has 106 valence electrons. The Morgan fingerprint density at radius 3 is 3.00 bits per heavy atom. The molecule has 6 heteroatoms. The second-order valence-corrected chi connectivity index (χ2v) is 4.87. The van der Waals surface area contributed by atoms with Crippen molar-refractivity contribution >= 4 is 23.2 Å². The van der Waals surface area contributed by atoms with Gasteiger partial charge in [-0.1, -0.05) is 11.6 Å². The van der Waals surface area contributed by atoms with Gasteiger partial charge >= 0.3 is 0 Å². The summed E-state index contributed by atoms with van der Waals surface area (Å²) in [6.45, 7) is 1.93. The summed E-state index contributed by atoms with van der Waals surface area (Å²) >= 11 is 5.92. The molecule has 5 nitrogen and oxygen atoms in total. The number of aromatic nitrogens is 2. The minimum absolute atomic E-state index is 0.0184. The molecule has 1 N–H and O–H groups in total. The van der Waals surface area contributed by atoms with Crippen molar-refractivity contribution in [2.24, 2.45) is 0 Å². The van der Waals surface area contributed by atoms with Crippen molar-refractivity contribution in [3.63, 3.8) is 0 Å². The normalized spacial score (nSPS) is 11.9. The zero-order valence-corrected chi connectivity index (χ0v) is 12.1. The molecule has 0 saturated carbocycles. The molecule has 0 aliphatic carbocycles. The quantitative estimate of drug-likeness (QED) is 0.921. The maximum absolute atomic E-state index is 12.0. The van der Waals surface area contributed by atoms with E-state index in [-0.39, 0.29) is 11.9 Å². The van der Waals surface area contributed by atoms with Gasteiger partial charge in [0.15, 0.2) is 0 Å². The Kier molecular flexibility index (Phi) is 4.63. The third-order valence-corrected chi connectivity index (χ3v) is 3.13. The fourth-order valence-corrected chi connectivity index (χ4v) is 2.05. The van der Waals surface area contributed by atoms with Crippen LogP contribution >= 0.6 is 11.6 Å². The smallest absolute Gasteiger partial charge is 0.226 e. The number of anilines is 1. The largest absolute Gasteiger partial charge is 0.495 e. The van der Waals surface area contributed by atoms with Crippen molar-refractivity contribution in [1.29, 1.82) is 0 Å². The van der Waals surface area contributed by atoms with Gasteiger partial charge in [0, 0.05) is 23.8 Å². The van der Waals surface area contributed by atoms with E-state index in [0.717, 1.165) is 0 Å². The third-order valence-electron chi connectivity index (χ3n) is 2.89. The molecule has 0 unspecified atom stereocenters. The van der Waals surface area contributed by atoms with E-state index in [9.17, 15) is 4.79 Å². The number of hydrogen-bond donors (Lipinski definition) is 1. The summed E-state index contributed by atoms with van der Waals surface area (Å²) in [5.74, 6) is 0.461. The average Bonchev–Trinajstić information content (AvgIpc) is 2.92. The predicted molar refractivity (Wildman–Crippen MR) is 78.2 cm³/mol. The van der Waals surface area contributed by atoms with Crippen LogP contribution in [0.5, 0.6) is 5.75 Å². The Labute approximate surface area is 122 Å². The van der Waals surface area contributed by atoms with Gasteiger partial charge in [0.25, 0.3) is 0 Å². The van der Waals surface area contributed by atoms with Crippen molar-refractivity contribution in [1.82, 2.24) is 9.78 Å². The number of amides is 1. The third kappa shape index (κ3) is 3.51. The lowest BCUT2D eigenvalue weighted by molar-refractivity contribution is -0.116. The van der Waals surface area contributed by atoms with Gasteiger partial charge in [-0.25, -0.2) is 0 Å². The van der Waals surface area contributed by atoms with Crippen LogP contribution in [0.1, 0.15) is 19.4 Å². The van der Waals surface area contributed by atoms with Crippen molar-refractivity contribution in [2.45, 2.75) is 19.4 Å². The molecular formula is C14H16ClN3O2. The van der Waals surface area contributed by atoms with Gasteiger partial charge in [-0.3, -0.25) is 9.48 Å². The molecule has 1 atom stereocenters.